The molecular weight excluding hydrogens is 461 g/mol. The number of carbonyl (C=O) groups excluding carboxylic acids is 1. The van der Waals surface area contributed by atoms with Crippen molar-refractivity contribution in [2.75, 3.05) is 5.32 Å². The summed E-state index contributed by atoms with van der Waals surface area (Å²) in [6.07, 6.45) is -2.17. The standard InChI is InChI=1S/C23H16ClF3N2O2S/c1-13-5-6-14(10-18(13)24)9-17-12-28-22(32-17)29-21(30)20-8-7-19(31-20)15-3-2-4-16(11-15)23(25,26)27/h2-8,10-12H,9H2,1H3,(H,28,29,30). The van der Waals surface area contributed by atoms with Crippen LogP contribution in [-0.4, -0.2) is 10.9 Å². The van der Waals surface area contributed by atoms with Crippen molar-refractivity contribution in [1.29, 1.82) is 0 Å². The largest absolute Gasteiger partial charge is 0.451 e. The van der Waals surface area contributed by atoms with E-state index in [1.807, 2.05) is 25.1 Å². The van der Waals surface area contributed by atoms with Crippen LogP contribution in [0.1, 0.15) is 32.1 Å². The number of halogens is 4. The molecule has 0 saturated heterocycles. The van der Waals surface area contributed by atoms with Gasteiger partial charge in [0.1, 0.15) is 5.76 Å². The van der Waals surface area contributed by atoms with Crippen molar-refractivity contribution < 1.29 is 22.4 Å². The number of nitrogens with one attached hydrogen (secondary N) is 1. The molecule has 9 heteroatoms. The highest BCUT2D eigenvalue weighted by atomic mass is 35.5. The maximum atomic E-state index is 12.9. The quantitative estimate of drug-likeness (QED) is 0.330. The number of furan rings is 1. The van der Waals surface area contributed by atoms with E-state index in [1.165, 1.54) is 35.6 Å². The minimum absolute atomic E-state index is 0.0283. The van der Waals surface area contributed by atoms with Gasteiger partial charge in [-0.3, -0.25) is 10.1 Å². The molecule has 0 spiro atoms. The molecule has 2 aromatic carbocycles. The van der Waals surface area contributed by atoms with Crippen molar-refractivity contribution in [3.63, 3.8) is 0 Å². The molecule has 0 aliphatic heterocycles. The normalized spacial score (nSPS) is 11.5. The van der Waals surface area contributed by atoms with E-state index in [-0.39, 0.29) is 17.1 Å². The first kappa shape index (κ1) is 22.1. The van der Waals surface area contributed by atoms with Gasteiger partial charge in [0.25, 0.3) is 5.91 Å². The molecule has 2 heterocycles. The number of rotatable bonds is 5. The van der Waals surface area contributed by atoms with E-state index in [2.05, 4.69) is 10.3 Å². The summed E-state index contributed by atoms with van der Waals surface area (Å²) in [4.78, 5) is 17.6. The van der Waals surface area contributed by atoms with E-state index in [0.29, 0.717) is 16.6 Å². The molecule has 0 aliphatic carbocycles. The molecule has 4 rings (SSSR count). The lowest BCUT2D eigenvalue weighted by atomic mass is 10.1. The highest BCUT2D eigenvalue weighted by Crippen LogP contribution is 2.33. The van der Waals surface area contributed by atoms with E-state index < -0.39 is 17.6 Å². The number of aromatic nitrogens is 1. The van der Waals surface area contributed by atoms with Gasteiger partial charge in [0.2, 0.25) is 0 Å². The first-order valence-corrected chi connectivity index (χ1v) is 10.7. The Kier molecular flexibility index (Phi) is 6.08. The molecule has 1 N–H and O–H groups in total. The lowest BCUT2D eigenvalue weighted by molar-refractivity contribution is -0.137. The van der Waals surface area contributed by atoms with Gasteiger partial charge in [-0.05, 0) is 48.4 Å². The summed E-state index contributed by atoms with van der Waals surface area (Å²) in [5, 5.41) is 3.73. The van der Waals surface area contributed by atoms with Crippen LogP contribution in [0.2, 0.25) is 5.02 Å². The van der Waals surface area contributed by atoms with Crippen molar-refractivity contribution in [2.24, 2.45) is 0 Å². The molecule has 0 aliphatic rings. The molecule has 0 atom stereocenters. The zero-order valence-corrected chi connectivity index (χ0v) is 18.2. The van der Waals surface area contributed by atoms with Gasteiger partial charge in [-0.15, -0.1) is 11.3 Å². The second-order valence-electron chi connectivity index (χ2n) is 7.09. The Hall–Kier alpha value is -3.10. The van der Waals surface area contributed by atoms with Crippen LogP contribution in [-0.2, 0) is 12.6 Å². The summed E-state index contributed by atoms with van der Waals surface area (Å²) in [5.41, 5.74) is 1.46. The summed E-state index contributed by atoms with van der Waals surface area (Å²) >= 11 is 7.48. The molecule has 1 amide bonds. The fraction of sp³-hybridized carbons (Fsp3) is 0.130. The minimum Gasteiger partial charge on any atom is -0.451 e. The zero-order valence-electron chi connectivity index (χ0n) is 16.7. The van der Waals surface area contributed by atoms with E-state index >= 15 is 0 Å². The molecule has 0 fully saturated rings. The van der Waals surface area contributed by atoms with Gasteiger partial charge in [-0.1, -0.05) is 35.9 Å². The summed E-state index contributed by atoms with van der Waals surface area (Å²) in [6, 6.07) is 13.4. The Morgan fingerprint density at radius 1 is 1.16 bits per heavy atom. The predicted octanol–water partition coefficient (Wildman–Crippen LogP) is 7.23. The topological polar surface area (TPSA) is 55.1 Å². The van der Waals surface area contributed by atoms with E-state index in [4.69, 9.17) is 16.0 Å². The lowest BCUT2D eigenvalue weighted by Gasteiger charge is -2.07. The number of anilines is 1. The highest BCUT2D eigenvalue weighted by molar-refractivity contribution is 7.15. The Labute approximate surface area is 190 Å². The molecule has 164 valence electrons. The number of amides is 1. The van der Waals surface area contributed by atoms with Crippen LogP contribution in [0, 0.1) is 6.92 Å². The Morgan fingerprint density at radius 2 is 1.97 bits per heavy atom. The average Bonchev–Trinajstić information content (AvgIpc) is 3.40. The van der Waals surface area contributed by atoms with Crippen molar-refractivity contribution in [3.8, 4) is 11.3 Å². The van der Waals surface area contributed by atoms with E-state index in [1.54, 1.807) is 6.20 Å². The first-order chi connectivity index (χ1) is 15.2. The van der Waals surface area contributed by atoms with Crippen LogP contribution in [0.4, 0.5) is 18.3 Å². The maximum absolute atomic E-state index is 12.9. The number of thiazole rings is 1. The number of carbonyl (C=O) groups is 1. The van der Waals surface area contributed by atoms with Gasteiger partial charge in [-0.25, -0.2) is 4.98 Å². The highest BCUT2D eigenvalue weighted by Gasteiger charge is 2.30. The van der Waals surface area contributed by atoms with Crippen molar-refractivity contribution in [1.82, 2.24) is 4.98 Å². The predicted molar refractivity (Wildman–Crippen MR) is 118 cm³/mol. The zero-order chi connectivity index (χ0) is 22.9. The molecule has 0 saturated carbocycles. The minimum atomic E-state index is -4.46. The molecule has 0 radical (unpaired) electrons. The van der Waals surface area contributed by atoms with Gasteiger partial charge in [-0.2, -0.15) is 13.2 Å². The number of hydrogen-bond acceptors (Lipinski definition) is 4. The van der Waals surface area contributed by atoms with Crippen molar-refractivity contribution in [3.05, 3.63) is 93.1 Å². The molecule has 4 nitrogen and oxygen atoms in total. The fourth-order valence-electron chi connectivity index (χ4n) is 3.02. The third kappa shape index (κ3) is 5.03. The van der Waals surface area contributed by atoms with E-state index in [0.717, 1.165) is 28.1 Å². The SMILES string of the molecule is Cc1ccc(Cc2cnc(NC(=O)c3ccc(-c4cccc(C(F)(F)F)c4)o3)s2)cc1Cl. The number of nitrogens with zero attached hydrogens (tertiary/aromatic N) is 1. The molecule has 4 aromatic rings. The summed E-state index contributed by atoms with van der Waals surface area (Å²) in [5.74, 6) is -0.403. The second-order valence-corrected chi connectivity index (χ2v) is 8.61. The van der Waals surface area contributed by atoms with Gasteiger partial charge < -0.3 is 4.42 Å². The summed E-state index contributed by atoms with van der Waals surface area (Å²) < 4.78 is 44.3. The Morgan fingerprint density at radius 3 is 2.72 bits per heavy atom. The van der Waals surface area contributed by atoms with Gasteiger partial charge >= 0.3 is 6.18 Å². The third-order valence-corrected chi connectivity index (χ3v) is 6.01. The number of aryl methyl sites for hydroxylation is 1. The number of alkyl halides is 3. The summed E-state index contributed by atoms with van der Waals surface area (Å²) in [7, 11) is 0. The average molecular weight is 477 g/mol. The van der Waals surface area contributed by atoms with Gasteiger partial charge in [0.05, 0.1) is 5.56 Å². The molecule has 32 heavy (non-hydrogen) atoms. The van der Waals surface area contributed by atoms with Crippen molar-refractivity contribution in [2.45, 2.75) is 19.5 Å². The third-order valence-electron chi connectivity index (χ3n) is 4.69. The Bertz CT molecular complexity index is 1280. The maximum Gasteiger partial charge on any atom is 0.416 e. The van der Waals surface area contributed by atoms with Gasteiger partial charge in [0.15, 0.2) is 10.9 Å². The van der Waals surface area contributed by atoms with Crippen molar-refractivity contribution >= 4 is 34.0 Å². The monoisotopic (exact) mass is 476 g/mol. The molecular formula is C23H16ClF3N2O2S. The number of hydrogen-bond donors (Lipinski definition) is 1. The van der Waals surface area contributed by atoms with Crippen LogP contribution in [0.15, 0.2) is 65.2 Å². The lowest BCUT2D eigenvalue weighted by Crippen LogP contribution is -2.10. The Balaban J connectivity index is 1.44. The second kappa shape index (κ2) is 8.80. The van der Waals surface area contributed by atoms with Crippen LogP contribution in [0.25, 0.3) is 11.3 Å². The molecule has 2 aromatic heterocycles. The number of benzene rings is 2. The summed E-state index contributed by atoms with van der Waals surface area (Å²) in [6.45, 7) is 1.93. The fourth-order valence-corrected chi connectivity index (χ4v) is 4.06. The molecule has 0 unspecified atom stereocenters. The van der Waals surface area contributed by atoms with Gasteiger partial charge in [0, 0.05) is 28.1 Å². The van der Waals surface area contributed by atoms with E-state index in [9.17, 15) is 18.0 Å². The smallest absolute Gasteiger partial charge is 0.416 e. The van der Waals surface area contributed by atoms with Crippen LogP contribution >= 0.6 is 22.9 Å². The van der Waals surface area contributed by atoms with Crippen LogP contribution in [0.3, 0.4) is 0 Å². The van der Waals surface area contributed by atoms with Crippen LogP contribution in [0.5, 0.6) is 0 Å². The molecule has 0 bridgehead atoms. The van der Waals surface area contributed by atoms with Crippen LogP contribution < -0.4 is 5.32 Å². The first-order valence-electron chi connectivity index (χ1n) is 9.47.